The highest BCUT2D eigenvalue weighted by molar-refractivity contribution is 7.99. The average molecular weight is 490 g/mol. The number of aromatic nitrogens is 4. The van der Waals surface area contributed by atoms with E-state index in [2.05, 4.69) is 15.5 Å². The van der Waals surface area contributed by atoms with Gasteiger partial charge >= 0.3 is 0 Å². The first kappa shape index (κ1) is 21.4. The summed E-state index contributed by atoms with van der Waals surface area (Å²) in [5.74, 6) is 0.498. The summed E-state index contributed by atoms with van der Waals surface area (Å²) in [6, 6.07) is 9.29. The van der Waals surface area contributed by atoms with Crippen LogP contribution in [0.15, 0.2) is 45.7 Å². The number of nitrogens with zero attached hydrogens (tertiary/aromatic N) is 4. The van der Waals surface area contributed by atoms with Crippen molar-refractivity contribution in [3.63, 3.8) is 0 Å². The highest BCUT2D eigenvalue weighted by Crippen LogP contribution is 2.25. The van der Waals surface area contributed by atoms with Gasteiger partial charge in [-0.05, 0) is 35.9 Å². The van der Waals surface area contributed by atoms with Crippen LogP contribution in [-0.4, -0.2) is 43.5 Å². The third kappa shape index (κ3) is 4.15. The van der Waals surface area contributed by atoms with Crippen molar-refractivity contribution in [2.75, 3.05) is 12.4 Å². The monoisotopic (exact) mass is 489 g/mol. The Morgan fingerprint density at radius 2 is 2.19 bits per heavy atom. The molecule has 0 spiro atoms. The molecular formula is C21H20ClN5O3S2. The summed E-state index contributed by atoms with van der Waals surface area (Å²) in [7, 11) is 0. The van der Waals surface area contributed by atoms with E-state index in [4.69, 9.17) is 16.3 Å². The summed E-state index contributed by atoms with van der Waals surface area (Å²) >= 11 is 8.83. The molecule has 3 aromatic heterocycles. The third-order valence-electron chi connectivity index (χ3n) is 5.36. The van der Waals surface area contributed by atoms with Gasteiger partial charge in [-0.25, -0.2) is 0 Å². The van der Waals surface area contributed by atoms with Crippen molar-refractivity contribution in [1.82, 2.24) is 24.5 Å². The molecule has 1 aliphatic rings. The lowest BCUT2D eigenvalue weighted by Gasteiger charge is -2.13. The van der Waals surface area contributed by atoms with E-state index in [0.717, 1.165) is 23.9 Å². The molecule has 4 heterocycles. The molecule has 0 bridgehead atoms. The van der Waals surface area contributed by atoms with Gasteiger partial charge in [0.05, 0.1) is 23.9 Å². The Kier molecular flexibility index (Phi) is 6.18. The van der Waals surface area contributed by atoms with Crippen LogP contribution in [0.5, 0.6) is 0 Å². The summed E-state index contributed by atoms with van der Waals surface area (Å²) in [6.07, 6.45) is 1.91. The number of benzene rings is 1. The van der Waals surface area contributed by atoms with E-state index in [0.29, 0.717) is 40.4 Å². The van der Waals surface area contributed by atoms with Crippen molar-refractivity contribution in [2.24, 2.45) is 0 Å². The Morgan fingerprint density at radius 3 is 3.00 bits per heavy atom. The molecule has 1 fully saturated rings. The SMILES string of the molecule is O=C(CSc1nnc2n(C[C@H]3CCCO3)c(=O)c3sccc3n12)NCc1ccccc1Cl. The molecule has 1 amide bonds. The van der Waals surface area contributed by atoms with E-state index in [9.17, 15) is 9.59 Å². The minimum atomic E-state index is -0.138. The largest absolute Gasteiger partial charge is 0.376 e. The van der Waals surface area contributed by atoms with Crippen LogP contribution in [0.4, 0.5) is 0 Å². The van der Waals surface area contributed by atoms with Crippen LogP contribution in [-0.2, 0) is 22.6 Å². The Bertz CT molecular complexity index is 1340. The second kappa shape index (κ2) is 9.22. The van der Waals surface area contributed by atoms with Gasteiger partial charge in [-0.2, -0.15) is 0 Å². The van der Waals surface area contributed by atoms with Crippen LogP contribution in [0.2, 0.25) is 5.02 Å². The molecule has 0 radical (unpaired) electrons. The van der Waals surface area contributed by atoms with Gasteiger partial charge in [-0.1, -0.05) is 41.6 Å². The van der Waals surface area contributed by atoms with Gasteiger partial charge in [0.25, 0.3) is 5.56 Å². The van der Waals surface area contributed by atoms with Crippen LogP contribution in [0.3, 0.4) is 0 Å². The zero-order valence-electron chi connectivity index (χ0n) is 17.0. The van der Waals surface area contributed by atoms with Gasteiger partial charge in [0.15, 0.2) is 5.16 Å². The quantitative estimate of drug-likeness (QED) is 0.400. The summed E-state index contributed by atoms with van der Waals surface area (Å²) in [5.41, 5.74) is 1.53. The molecule has 166 valence electrons. The minimum Gasteiger partial charge on any atom is -0.376 e. The molecule has 1 aliphatic heterocycles. The van der Waals surface area contributed by atoms with Gasteiger partial charge in [0.2, 0.25) is 11.7 Å². The van der Waals surface area contributed by atoms with Crippen LogP contribution in [0.1, 0.15) is 18.4 Å². The molecule has 1 saturated heterocycles. The molecule has 32 heavy (non-hydrogen) atoms. The fraction of sp³-hybridized carbons (Fsp3) is 0.333. The number of ether oxygens (including phenoxy) is 1. The van der Waals surface area contributed by atoms with Crippen molar-refractivity contribution in [3.8, 4) is 0 Å². The molecule has 1 atom stereocenters. The van der Waals surface area contributed by atoms with Crippen molar-refractivity contribution < 1.29 is 9.53 Å². The number of amides is 1. The summed E-state index contributed by atoms with van der Waals surface area (Å²) in [6.45, 7) is 1.51. The predicted molar refractivity (Wildman–Crippen MR) is 126 cm³/mol. The number of fused-ring (bicyclic) bond motifs is 3. The van der Waals surface area contributed by atoms with E-state index in [1.54, 1.807) is 10.6 Å². The number of halogens is 1. The average Bonchev–Trinajstić information content (AvgIpc) is 3.55. The maximum Gasteiger partial charge on any atom is 0.272 e. The van der Waals surface area contributed by atoms with Crippen LogP contribution in [0.25, 0.3) is 16.0 Å². The van der Waals surface area contributed by atoms with E-state index < -0.39 is 0 Å². The smallest absolute Gasteiger partial charge is 0.272 e. The molecule has 5 rings (SSSR count). The van der Waals surface area contributed by atoms with Crippen LogP contribution in [0, 0.1) is 0 Å². The number of carbonyl (C=O) groups is 1. The lowest BCUT2D eigenvalue weighted by Crippen LogP contribution is -2.28. The number of nitrogens with one attached hydrogen (secondary N) is 1. The van der Waals surface area contributed by atoms with Crippen molar-refractivity contribution in [1.29, 1.82) is 0 Å². The summed E-state index contributed by atoms with van der Waals surface area (Å²) in [4.78, 5) is 25.5. The standard InChI is InChI=1S/C21H20ClN5O3S2/c22-15-6-2-1-4-13(15)10-23-17(28)12-32-21-25-24-20-26(11-14-5-3-8-30-14)19(29)18-16(27(20)21)7-9-31-18/h1-2,4,6-7,9,14H,3,5,8,10-12H2,(H,23,28)/t14-/m1/s1. The first-order valence-corrected chi connectivity index (χ1v) is 12.5. The first-order chi connectivity index (χ1) is 15.6. The van der Waals surface area contributed by atoms with E-state index in [1.165, 1.54) is 23.1 Å². The number of hydrogen-bond acceptors (Lipinski definition) is 7. The third-order valence-corrected chi connectivity index (χ3v) is 7.55. The van der Waals surface area contributed by atoms with Crippen molar-refractivity contribution in [2.45, 2.75) is 37.2 Å². The maximum absolute atomic E-state index is 13.1. The molecule has 0 aliphatic carbocycles. The van der Waals surface area contributed by atoms with Gasteiger partial charge in [0.1, 0.15) is 4.70 Å². The molecule has 4 aromatic rings. The van der Waals surface area contributed by atoms with Crippen molar-refractivity contribution >= 4 is 56.6 Å². The number of carbonyl (C=O) groups excluding carboxylic acids is 1. The molecule has 0 unspecified atom stereocenters. The molecule has 1 N–H and O–H groups in total. The molecule has 1 aromatic carbocycles. The summed E-state index contributed by atoms with van der Waals surface area (Å²) < 4.78 is 9.87. The minimum absolute atomic E-state index is 0.00250. The zero-order chi connectivity index (χ0) is 22.1. The number of thiophene rings is 1. The lowest BCUT2D eigenvalue weighted by molar-refractivity contribution is -0.118. The Morgan fingerprint density at radius 1 is 1.31 bits per heavy atom. The zero-order valence-corrected chi connectivity index (χ0v) is 19.4. The fourth-order valence-electron chi connectivity index (χ4n) is 3.77. The van der Waals surface area contributed by atoms with Gasteiger partial charge < -0.3 is 10.1 Å². The maximum atomic E-state index is 13.1. The van der Waals surface area contributed by atoms with Crippen LogP contribution >= 0.6 is 34.7 Å². The highest BCUT2D eigenvalue weighted by atomic mass is 35.5. The molecular weight excluding hydrogens is 470 g/mol. The lowest BCUT2D eigenvalue weighted by atomic mass is 10.2. The Balaban J connectivity index is 1.37. The van der Waals surface area contributed by atoms with E-state index >= 15 is 0 Å². The van der Waals surface area contributed by atoms with Gasteiger partial charge in [0, 0.05) is 18.2 Å². The van der Waals surface area contributed by atoms with E-state index in [1.807, 2.05) is 34.0 Å². The fourth-order valence-corrected chi connectivity index (χ4v) is 5.56. The second-order valence-electron chi connectivity index (χ2n) is 7.46. The van der Waals surface area contributed by atoms with Crippen molar-refractivity contribution in [3.05, 3.63) is 56.7 Å². The molecule has 0 saturated carbocycles. The number of hydrogen-bond donors (Lipinski definition) is 1. The second-order valence-corrected chi connectivity index (χ2v) is 9.73. The summed E-state index contributed by atoms with van der Waals surface area (Å²) in [5, 5.41) is 14.5. The Hall–Kier alpha value is -2.40. The van der Waals surface area contributed by atoms with Crippen LogP contribution < -0.4 is 10.9 Å². The number of thioether (sulfide) groups is 1. The predicted octanol–water partition coefficient (Wildman–Crippen LogP) is 3.35. The van der Waals surface area contributed by atoms with Gasteiger partial charge in [-0.3, -0.25) is 18.6 Å². The molecule has 8 nitrogen and oxygen atoms in total. The normalized spacial score (nSPS) is 16.2. The highest BCUT2D eigenvalue weighted by Gasteiger charge is 2.22. The molecule has 11 heteroatoms. The van der Waals surface area contributed by atoms with E-state index in [-0.39, 0.29) is 23.3 Å². The van der Waals surface area contributed by atoms with Gasteiger partial charge in [-0.15, -0.1) is 21.5 Å². The topological polar surface area (TPSA) is 90.5 Å². The Labute approximate surface area is 196 Å². The first-order valence-electron chi connectivity index (χ1n) is 10.2. The number of rotatable bonds is 7.